The minimum Gasteiger partial charge on any atom is -0.384 e. The molecule has 0 bridgehead atoms. The summed E-state index contributed by atoms with van der Waals surface area (Å²) in [6.07, 6.45) is 10.7. The van der Waals surface area contributed by atoms with Crippen LogP contribution in [0.3, 0.4) is 0 Å². The van der Waals surface area contributed by atoms with Crippen molar-refractivity contribution < 1.29 is 9.47 Å². The molecule has 2 heteroatoms. The van der Waals surface area contributed by atoms with Crippen molar-refractivity contribution in [2.45, 2.75) is 79.1 Å². The van der Waals surface area contributed by atoms with Crippen molar-refractivity contribution in [2.75, 3.05) is 27.4 Å². The predicted octanol–water partition coefficient (Wildman–Crippen LogP) is 5.70. The minimum atomic E-state index is 0.357. The van der Waals surface area contributed by atoms with Gasteiger partial charge in [0.2, 0.25) is 0 Å². The van der Waals surface area contributed by atoms with Crippen LogP contribution in [-0.4, -0.2) is 27.4 Å². The number of unbranched alkanes of at least 4 members (excludes halogenated alkanes) is 5. The zero-order valence-corrected chi connectivity index (χ0v) is 15.5. The Morgan fingerprint density at radius 3 is 1.81 bits per heavy atom. The highest BCUT2D eigenvalue weighted by Gasteiger charge is 2.26. The van der Waals surface area contributed by atoms with Crippen LogP contribution < -0.4 is 0 Å². The Morgan fingerprint density at radius 1 is 0.762 bits per heavy atom. The van der Waals surface area contributed by atoms with Crippen LogP contribution in [0.1, 0.15) is 79.1 Å². The standard InChI is InChI=1S/C19H40O2/c1-7-8-9-10-11-12-13-17(15-20-5)18(16-21-6)14-19(2,3)4/h17-18H,7-16H2,1-6H3. The lowest BCUT2D eigenvalue weighted by atomic mass is 9.77. The quantitative estimate of drug-likeness (QED) is 0.406. The molecule has 0 saturated carbocycles. The van der Waals surface area contributed by atoms with E-state index in [4.69, 9.17) is 9.47 Å². The average molecular weight is 301 g/mol. The van der Waals surface area contributed by atoms with Crippen LogP contribution in [0, 0.1) is 17.3 Å². The fourth-order valence-electron chi connectivity index (χ4n) is 3.22. The molecule has 2 atom stereocenters. The maximum Gasteiger partial charge on any atom is 0.0494 e. The van der Waals surface area contributed by atoms with Gasteiger partial charge in [0, 0.05) is 27.4 Å². The molecular weight excluding hydrogens is 260 g/mol. The molecule has 0 rings (SSSR count). The fourth-order valence-corrected chi connectivity index (χ4v) is 3.22. The summed E-state index contributed by atoms with van der Waals surface area (Å²) in [7, 11) is 3.65. The Morgan fingerprint density at radius 2 is 1.29 bits per heavy atom. The molecule has 0 spiro atoms. The van der Waals surface area contributed by atoms with Gasteiger partial charge in [0.25, 0.3) is 0 Å². The van der Waals surface area contributed by atoms with E-state index in [1.807, 2.05) is 14.2 Å². The zero-order valence-electron chi connectivity index (χ0n) is 15.5. The van der Waals surface area contributed by atoms with Crippen LogP contribution in [0.5, 0.6) is 0 Å². The molecule has 2 nitrogen and oxygen atoms in total. The normalized spacial score (nSPS) is 15.1. The Balaban J connectivity index is 4.25. The van der Waals surface area contributed by atoms with E-state index < -0.39 is 0 Å². The minimum absolute atomic E-state index is 0.357. The van der Waals surface area contributed by atoms with Crippen molar-refractivity contribution in [3.63, 3.8) is 0 Å². The van der Waals surface area contributed by atoms with Gasteiger partial charge in [-0.15, -0.1) is 0 Å². The van der Waals surface area contributed by atoms with E-state index in [-0.39, 0.29) is 0 Å². The molecule has 2 unspecified atom stereocenters. The summed E-state index contributed by atoms with van der Waals surface area (Å²) in [4.78, 5) is 0. The van der Waals surface area contributed by atoms with Crippen molar-refractivity contribution in [3.05, 3.63) is 0 Å². The van der Waals surface area contributed by atoms with Gasteiger partial charge in [0.1, 0.15) is 0 Å². The third kappa shape index (κ3) is 12.2. The van der Waals surface area contributed by atoms with Gasteiger partial charge in [-0.2, -0.15) is 0 Å². The van der Waals surface area contributed by atoms with Crippen molar-refractivity contribution in [1.82, 2.24) is 0 Å². The Hall–Kier alpha value is -0.0800. The molecule has 0 saturated heterocycles. The SMILES string of the molecule is CCCCCCCCC(COC)C(COC)CC(C)(C)C. The van der Waals surface area contributed by atoms with Gasteiger partial charge in [0.05, 0.1) is 0 Å². The number of hydrogen-bond acceptors (Lipinski definition) is 2. The van der Waals surface area contributed by atoms with E-state index in [2.05, 4.69) is 27.7 Å². The second-order valence-electron chi connectivity index (χ2n) is 7.75. The molecule has 0 aliphatic carbocycles. The summed E-state index contributed by atoms with van der Waals surface area (Å²) < 4.78 is 11.0. The first kappa shape index (κ1) is 20.9. The lowest BCUT2D eigenvalue weighted by molar-refractivity contribution is 0.0448. The largest absolute Gasteiger partial charge is 0.384 e. The maximum absolute atomic E-state index is 5.49. The van der Waals surface area contributed by atoms with Crippen molar-refractivity contribution in [2.24, 2.45) is 17.3 Å². The predicted molar refractivity (Wildman–Crippen MR) is 92.8 cm³/mol. The highest BCUT2D eigenvalue weighted by Crippen LogP contribution is 2.32. The van der Waals surface area contributed by atoms with Crippen molar-refractivity contribution >= 4 is 0 Å². The summed E-state index contributed by atoms with van der Waals surface area (Å²) in [5.41, 5.74) is 0.357. The summed E-state index contributed by atoms with van der Waals surface area (Å²) in [6.45, 7) is 11.0. The molecule has 21 heavy (non-hydrogen) atoms. The van der Waals surface area contributed by atoms with E-state index in [0.717, 1.165) is 13.2 Å². The molecule has 0 amide bonds. The van der Waals surface area contributed by atoms with Gasteiger partial charge < -0.3 is 9.47 Å². The molecule has 0 heterocycles. The topological polar surface area (TPSA) is 18.5 Å². The number of hydrogen-bond donors (Lipinski definition) is 0. The molecule has 0 N–H and O–H groups in total. The van der Waals surface area contributed by atoms with Gasteiger partial charge in [-0.1, -0.05) is 66.2 Å². The second kappa shape index (κ2) is 12.5. The maximum atomic E-state index is 5.49. The van der Waals surface area contributed by atoms with Crippen LogP contribution >= 0.6 is 0 Å². The zero-order chi connectivity index (χ0) is 16.1. The highest BCUT2D eigenvalue weighted by molar-refractivity contribution is 4.76. The molecule has 0 aromatic heterocycles. The summed E-state index contributed by atoms with van der Waals surface area (Å²) in [5, 5.41) is 0. The number of ether oxygens (including phenoxy) is 2. The molecule has 0 radical (unpaired) electrons. The van der Waals surface area contributed by atoms with Crippen LogP contribution in [0.2, 0.25) is 0 Å². The molecule has 0 aliphatic rings. The lowest BCUT2D eigenvalue weighted by Gasteiger charge is -2.31. The van der Waals surface area contributed by atoms with E-state index in [9.17, 15) is 0 Å². The molecule has 0 aromatic carbocycles. The van der Waals surface area contributed by atoms with Gasteiger partial charge in [-0.05, 0) is 30.1 Å². The van der Waals surface area contributed by atoms with Crippen LogP contribution in [-0.2, 0) is 9.47 Å². The molecule has 0 aromatic rings. The summed E-state index contributed by atoms with van der Waals surface area (Å²) in [6, 6.07) is 0. The Kier molecular flexibility index (Phi) is 12.4. The van der Waals surface area contributed by atoms with Gasteiger partial charge in [0.15, 0.2) is 0 Å². The first-order chi connectivity index (χ1) is 9.94. The van der Waals surface area contributed by atoms with E-state index in [1.54, 1.807) is 0 Å². The molecule has 0 aliphatic heterocycles. The smallest absolute Gasteiger partial charge is 0.0494 e. The van der Waals surface area contributed by atoms with E-state index in [0.29, 0.717) is 17.3 Å². The molecule has 128 valence electrons. The monoisotopic (exact) mass is 300 g/mol. The van der Waals surface area contributed by atoms with Crippen molar-refractivity contribution in [1.29, 1.82) is 0 Å². The number of methoxy groups -OCH3 is 2. The van der Waals surface area contributed by atoms with E-state index in [1.165, 1.54) is 51.4 Å². The summed E-state index contributed by atoms with van der Waals surface area (Å²) >= 11 is 0. The van der Waals surface area contributed by atoms with Crippen LogP contribution in [0.15, 0.2) is 0 Å². The fraction of sp³-hybridized carbons (Fsp3) is 1.00. The molecular formula is C19H40O2. The third-order valence-electron chi connectivity index (χ3n) is 4.23. The summed E-state index contributed by atoms with van der Waals surface area (Å²) in [5.74, 6) is 1.26. The van der Waals surface area contributed by atoms with Gasteiger partial charge in [-0.25, -0.2) is 0 Å². The first-order valence-electron chi connectivity index (χ1n) is 8.92. The molecule has 0 fully saturated rings. The lowest BCUT2D eigenvalue weighted by Crippen LogP contribution is -2.28. The first-order valence-corrected chi connectivity index (χ1v) is 8.92. The Bertz CT molecular complexity index is 220. The van der Waals surface area contributed by atoms with E-state index >= 15 is 0 Å². The van der Waals surface area contributed by atoms with Crippen LogP contribution in [0.25, 0.3) is 0 Å². The highest BCUT2D eigenvalue weighted by atomic mass is 16.5. The Labute approximate surface area is 134 Å². The van der Waals surface area contributed by atoms with Crippen LogP contribution in [0.4, 0.5) is 0 Å². The number of rotatable bonds is 13. The second-order valence-corrected chi connectivity index (χ2v) is 7.75. The van der Waals surface area contributed by atoms with Crippen molar-refractivity contribution in [3.8, 4) is 0 Å². The van der Waals surface area contributed by atoms with Gasteiger partial charge >= 0.3 is 0 Å². The average Bonchev–Trinajstić information content (AvgIpc) is 2.39. The third-order valence-corrected chi connectivity index (χ3v) is 4.23. The van der Waals surface area contributed by atoms with Gasteiger partial charge in [-0.3, -0.25) is 0 Å².